The molecule has 1 fully saturated rings. The van der Waals surface area contributed by atoms with E-state index in [1.807, 2.05) is 31.2 Å². The van der Waals surface area contributed by atoms with Gasteiger partial charge in [-0.05, 0) is 50.6 Å². The molecule has 0 aliphatic carbocycles. The predicted molar refractivity (Wildman–Crippen MR) is 89.1 cm³/mol. The molecule has 1 aliphatic heterocycles. The van der Waals surface area contributed by atoms with Crippen LogP contribution in [-0.4, -0.2) is 36.3 Å². The van der Waals surface area contributed by atoms with Crippen LogP contribution in [0.3, 0.4) is 0 Å². The Morgan fingerprint density at radius 3 is 2.45 bits per heavy atom. The number of piperidine rings is 1. The molecular weight excluding hydrogens is 346 g/mol. The van der Waals surface area contributed by atoms with Gasteiger partial charge in [-0.25, -0.2) is 0 Å². The Labute approximate surface area is 139 Å². The molecule has 0 unspecified atom stereocenters. The van der Waals surface area contributed by atoms with E-state index in [0.717, 1.165) is 36.0 Å². The minimum atomic E-state index is -0.229. The van der Waals surface area contributed by atoms with Crippen molar-refractivity contribution >= 4 is 27.7 Å². The first kappa shape index (κ1) is 17.0. The quantitative estimate of drug-likeness (QED) is 0.833. The fourth-order valence-corrected chi connectivity index (χ4v) is 2.96. The zero-order chi connectivity index (χ0) is 16.1. The molecule has 22 heavy (non-hydrogen) atoms. The number of carbonyl (C=O) groups is 2. The molecule has 1 heterocycles. The van der Waals surface area contributed by atoms with E-state index in [4.69, 9.17) is 5.73 Å². The van der Waals surface area contributed by atoms with Crippen molar-refractivity contribution in [3.8, 4) is 0 Å². The van der Waals surface area contributed by atoms with Crippen LogP contribution in [0, 0.1) is 5.92 Å². The van der Waals surface area contributed by atoms with Gasteiger partial charge in [0.1, 0.15) is 0 Å². The summed E-state index contributed by atoms with van der Waals surface area (Å²) in [5.74, 6) is -0.262. The van der Waals surface area contributed by atoms with Crippen molar-refractivity contribution in [3.05, 3.63) is 34.3 Å². The van der Waals surface area contributed by atoms with Gasteiger partial charge in [0.05, 0.1) is 12.6 Å². The van der Waals surface area contributed by atoms with E-state index in [1.165, 1.54) is 0 Å². The minimum absolute atomic E-state index is 0.00736. The molecular formula is C16H22BrN3O2. The van der Waals surface area contributed by atoms with Crippen LogP contribution in [-0.2, 0) is 9.59 Å². The van der Waals surface area contributed by atoms with Gasteiger partial charge in [-0.3, -0.25) is 14.5 Å². The number of hydrogen-bond acceptors (Lipinski definition) is 3. The molecule has 0 radical (unpaired) electrons. The van der Waals surface area contributed by atoms with E-state index in [-0.39, 0.29) is 23.8 Å². The van der Waals surface area contributed by atoms with Crippen molar-refractivity contribution in [2.24, 2.45) is 11.7 Å². The van der Waals surface area contributed by atoms with E-state index < -0.39 is 0 Å². The normalized spacial score (nSPS) is 17.9. The van der Waals surface area contributed by atoms with Crippen molar-refractivity contribution in [1.82, 2.24) is 10.2 Å². The highest BCUT2D eigenvalue weighted by molar-refractivity contribution is 9.10. The number of rotatable bonds is 5. The largest absolute Gasteiger partial charge is 0.369 e. The highest BCUT2D eigenvalue weighted by Gasteiger charge is 2.24. The van der Waals surface area contributed by atoms with Crippen LogP contribution < -0.4 is 11.1 Å². The molecule has 0 bridgehead atoms. The fraction of sp³-hybridized carbons (Fsp3) is 0.500. The standard InChI is InChI=1S/C16H22BrN3O2/c1-11(12-2-4-14(17)5-3-12)19-15(21)10-20-8-6-13(7-9-20)16(18)22/h2-5,11,13H,6-10H2,1H3,(H2,18,22)(H,19,21)/t11-/m1/s1. The molecule has 2 rings (SSSR count). The van der Waals surface area contributed by atoms with Crippen molar-refractivity contribution in [1.29, 1.82) is 0 Å². The van der Waals surface area contributed by atoms with Crippen molar-refractivity contribution in [2.75, 3.05) is 19.6 Å². The van der Waals surface area contributed by atoms with Gasteiger partial charge < -0.3 is 11.1 Å². The molecule has 1 atom stereocenters. The number of amides is 2. The second-order valence-electron chi connectivity index (χ2n) is 5.79. The molecule has 3 N–H and O–H groups in total. The average molecular weight is 368 g/mol. The van der Waals surface area contributed by atoms with Crippen LogP contribution in [0.2, 0.25) is 0 Å². The summed E-state index contributed by atoms with van der Waals surface area (Å²) in [5, 5.41) is 3.01. The monoisotopic (exact) mass is 367 g/mol. The first-order valence-electron chi connectivity index (χ1n) is 7.52. The van der Waals surface area contributed by atoms with Gasteiger partial charge in [-0.2, -0.15) is 0 Å². The smallest absolute Gasteiger partial charge is 0.234 e. The molecule has 0 saturated carbocycles. The zero-order valence-corrected chi connectivity index (χ0v) is 14.3. The number of nitrogens with one attached hydrogen (secondary N) is 1. The summed E-state index contributed by atoms with van der Waals surface area (Å²) in [5.41, 5.74) is 6.39. The highest BCUT2D eigenvalue weighted by Crippen LogP contribution is 2.18. The van der Waals surface area contributed by atoms with Gasteiger partial charge in [0.25, 0.3) is 0 Å². The Morgan fingerprint density at radius 2 is 1.91 bits per heavy atom. The summed E-state index contributed by atoms with van der Waals surface area (Å²) in [6.07, 6.45) is 1.48. The zero-order valence-electron chi connectivity index (χ0n) is 12.7. The third kappa shape index (κ3) is 4.81. The Bertz CT molecular complexity index is 525. The Morgan fingerprint density at radius 1 is 1.32 bits per heavy atom. The summed E-state index contributed by atoms with van der Waals surface area (Å²) in [6.45, 7) is 3.83. The lowest BCUT2D eigenvalue weighted by atomic mass is 9.96. The maximum absolute atomic E-state index is 12.1. The first-order chi connectivity index (χ1) is 10.5. The fourth-order valence-electron chi connectivity index (χ4n) is 2.70. The van der Waals surface area contributed by atoms with E-state index in [1.54, 1.807) is 0 Å². The number of hydrogen-bond donors (Lipinski definition) is 2. The second kappa shape index (κ2) is 7.74. The lowest BCUT2D eigenvalue weighted by Crippen LogP contribution is -2.44. The summed E-state index contributed by atoms with van der Waals surface area (Å²) in [4.78, 5) is 25.3. The second-order valence-corrected chi connectivity index (χ2v) is 6.71. The molecule has 1 aromatic carbocycles. The van der Waals surface area contributed by atoms with Gasteiger partial charge in [0, 0.05) is 10.4 Å². The minimum Gasteiger partial charge on any atom is -0.369 e. The summed E-state index contributed by atoms with van der Waals surface area (Å²) in [6, 6.07) is 7.89. The van der Waals surface area contributed by atoms with Crippen molar-refractivity contribution in [2.45, 2.75) is 25.8 Å². The van der Waals surface area contributed by atoms with Crippen molar-refractivity contribution in [3.63, 3.8) is 0 Å². The van der Waals surface area contributed by atoms with E-state index in [2.05, 4.69) is 26.1 Å². The van der Waals surface area contributed by atoms with Gasteiger partial charge in [0.2, 0.25) is 11.8 Å². The SMILES string of the molecule is C[C@@H](NC(=O)CN1CCC(C(N)=O)CC1)c1ccc(Br)cc1. The van der Waals surface area contributed by atoms with Crippen LogP contribution in [0.1, 0.15) is 31.4 Å². The Balaban J connectivity index is 1.78. The third-order valence-corrected chi connectivity index (χ3v) is 4.63. The maximum atomic E-state index is 12.1. The Kier molecular flexibility index (Phi) is 5.97. The predicted octanol–water partition coefficient (Wildman–Crippen LogP) is 1.82. The number of benzene rings is 1. The lowest BCUT2D eigenvalue weighted by molar-refractivity contribution is -0.124. The Hall–Kier alpha value is -1.40. The highest BCUT2D eigenvalue weighted by atomic mass is 79.9. The summed E-state index contributed by atoms with van der Waals surface area (Å²) < 4.78 is 1.02. The topological polar surface area (TPSA) is 75.4 Å². The van der Waals surface area contributed by atoms with E-state index >= 15 is 0 Å². The lowest BCUT2D eigenvalue weighted by Gasteiger charge is -2.30. The number of carbonyl (C=O) groups excluding carboxylic acids is 2. The average Bonchev–Trinajstić information content (AvgIpc) is 2.48. The number of nitrogens with two attached hydrogens (primary N) is 1. The summed E-state index contributed by atoms with van der Waals surface area (Å²) in [7, 11) is 0. The molecule has 1 saturated heterocycles. The van der Waals surface area contributed by atoms with Crippen LogP contribution in [0.15, 0.2) is 28.7 Å². The number of halogens is 1. The van der Waals surface area contributed by atoms with E-state index in [9.17, 15) is 9.59 Å². The third-order valence-electron chi connectivity index (χ3n) is 4.10. The van der Waals surface area contributed by atoms with Gasteiger partial charge in [-0.1, -0.05) is 28.1 Å². The molecule has 1 aliphatic rings. The van der Waals surface area contributed by atoms with Crippen LogP contribution in [0.5, 0.6) is 0 Å². The molecule has 120 valence electrons. The number of nitrogens with zero attached hydrogens (tertiary/aromatic N) is 1. The molecule has 0 aromatic heterocycles. The van der Waals surface area contributed by atoms with Gasteiger partial charge in [0.15, 0.2) is 0 Å². The van der Waals surface area contributed by atoms with Crippen LogP contribution >= 0.6 is 15.9 Å². The first-order valence-corrected chi connectivity index (χ1v) is 8.31. The van der Waals surface area contributed by atoms with Crippen LogP contribution in [0.25, 0.3) is 0 Å². The van der Waals surface area contributed by atoms with Gasteiger partial charge in [-0.15, -0.1) is 0 Å². The molecule has 0 spiro atoms. The number of primary amides is 1. The summed E-state index contributed by atoms with van der Waals surface area (Å²) >= 11 is 3.40. The molecule has 5 nitrogen and oxygen atoms in total. The molecule has 1 aromatic rings. The maximum Gasteiger partial charge on any atom is 0.234 e. The van der Waals surface area contributed by atoms with Crippen LogP contribution in [0.4, 0.5) is 0 Å². The molecule has 6 heteroatoms. The van der Waals surface area contributed by atoms with Gasteiger partial charge >= 0.3 is 0 Å². The van der Waals surface area contributed by atoms with Crippen molar-refractivity contribution < 1.29 is 9.59 Å². The molecule has 2 amide bonds. The van der Waals surface area contributed by atoms with E-state index in [0.29, 0.717) is 6.54 Å². The number of likely N-dealkylation sites (tertiary alicyclic amines) is 1.